The maximum atomic E-state index is 12.5. The number of hydrogen-bond acceptors (Lipinski definition) is 4. The van der Waals surface area contributed by atoms with E-state index in [1.165, 1.54) is 0 Å². The summed E-state index contributed by atoms with van der Waals surface area (Å²) < 4.78 is 0. The van der Waals surface area contributed by atoms with Crippen molar-refractivity contribution >= 4 is 11.9 Å². The summed E-state index contributed by atoms with van der Waals surface area (Å²) in [6.07, 6.45) is 4.39. The van der Waals surface area contributed by atoms with Gasteiger partial charge in [-0.15, -0.1) is 5.06 Å². The predicted molar refractivity (Wildman–Crippen MR) is 87.0 cm³/mol. The van der Waals surface area contributed by atoms with Crippen molar-refractivity contribution in [1.82, 2.24) is 10.4 Å². The number of hydroxylamine groups is 2. The number of piperidine rings is 1. The number of rotatable bonds is 6. The molecule has 1 rings (SSSR count). The average Bonchev–Trinajstić information content (AvgIpc) is 2.47. The highest BCUT2D eigenvalue weighted by Gasteiger charge is 2.41. The zero-order valence-electron chi connectivity index (χ0n) is 14.8. The van der Waals surface area contributed by atoms with E-state index in [0.717, 1.165) is 38.6 Å². The normalized spacial score (nSPS) is 18.8. The Kier molecular flexibility index (Phi) is 6.85. The van der Waals surface area contributed by atoms with E-state index >= 15 is 0 Å². The minimum absolute atomic E-state index is 0.158. The van der Waals surface area contributed by atoms with Gasteiger partial charge in [-0.1, -0.05) is 20.3 Å². The van der Waals surface area contributed by atoms with Crippen molar-refractivity contribution in [2.24, 2.45) is 10.8 Å². The maximum Gasteiger partial charge on any atom is 0.330 e. The van der Waals surface area contributed by atoms with E-state index in [1.54, 1.807) is 5.06 Å². The zero-order valence-corrected chi connectivity index (χ0v) is 14.8. The van der Waals surface area contributed by atoms with E-state index in [2.05, 4.69) is 19.2 Å². The fourth-order valence-corrected chi connectivity index (χ4v) is 2.57. The summed E-state index contributed by atoms with van der Waals surface area (Å²) in [7, 11) is 0. The number of carbonyl (C=O) groups is 2. The molecule has 0 aromatic heterocycles. The Hall–Kier alpha value is -1.10. The first-order chi connectivity index (χ1) is 10.2. The van der Waals surface area contributed by atoms with Crippen LogP contribution in [-0.4, -0.2) is 36.6 Å². The van der Waals surface area contributed by atoms with Gasteiger partial charge in [0.25, 0.3) is 0 Å². The number of nitrogens with one attached hydrogen (secondary N) is 1. The van der Waals surface area contributed by atoms with Crippen LogP contribution in [-0.2, 0) is 14.4 Å². The first kappa shape index (κ1) is 18.9. The lowest BCUT2D eigenvalue weighted by molar-refractivity contribution is -0.209. The number of hydrogen-bond donors (Lipinski definition) is 1. The molecule has 1 amide bonds. The van der Waals surface area contributed by atoms with Crippen LogP contribution in [0.25, 0.3) is 0 Å². The van der Waals surface area contributed by atoms with Crippen LogP contribution >= 0.6 is 0 Å². The summed E-state index contributed by atoms with van der Waals surface area (Å²) in [5, 5.41) is 4.77. The molecular formula is C17H32N2O3. The number of nitrogens with zero attached hydrogens (tertiary/aromatic N) is 1. The fourth-order valence-electron chi connectivity index (χ4n) is 2.57. The topological polar surface area (TPSA) is 58.6 Å². The van der Waals surface area contributed by atoms with Gasteiger partial charge in [0.2, 0.25) is 5.91 Å². The average molecular weight is 312 g/mol. The van der Waals surface area contributed by atoms with Gasteiger partial charge < -0.3 is 10.2 Å². The third-order valence-electron chi connectivity index (χ3n) is 4.48. The van der Waals surface area contributed by atoms with Crippen molar-refractivity contribution in [2.45, 2.75) is 66.7 Å². The van der Waals surface area contributed by atoms with E-state index in [4.69, 9.17) is 4.84 Å². The third kappa shape index (κ3) is 4.97. The largest absolute Gasteiger partial charge is 0.367 e. The molecule has 0 aromatic rings. The predicted octanol–water partition coefficient (Wildman–Crippen LogP) is 2.90. The lowest BCUT2D eigenvalue weighted by Crippen LogP contribution is -2.49. The smallest absolute Gasteiger partial charge is 0.330 e. The molecule has 1 fully saturated rings. The molecule has 1 saturated heterocycles. The molecule has 5 nitrogen and oxygen atoms in total. The molecule has 128 valence electrons. The molecule has 1 aliphatic heterocycles. The van der Waals surface area contributed by atoms with Gasteiger partial charge in [0, 0.05) is 19.6 Å². The van der Waals surface area contributed by atoms with Crippen LogP contribution in [0.3, 0.4) is 0 Å². The monoisotopic (exact) mass is 312 g/mol. The Morgan fingerprint density at radius 3 is 2.23 bits per heavy atom. The van der Waals surface area contributed by atoms with Crippen LogP contribution in [0.1, 0.15) is 66.7 Å². The molecule has 22 heavy (non-hydrogen) atoms. The van der Waals surface area contributed by atoms with Crippen molar-refractivity contribution in [2.75, 3.05) is 19.6 Å². The molecule has 1 heterocycles. The lowest BCUT2D eigenvalue weighted by Gasteiger charge is -2.39. The maximum absolute atomic E-state index is 12.5. The van der Waals surface area contributed by atoms with E-state index < -0.39 is 5.41 Å². The Balaban J connectivity index is 2.53. The molecule has 1 aliphatic rings. The van der Waals surface area contributed by atoms with Crippen LogP contribution in [0.4, 0.5) is 0 Å². The van der Waals surface area contributed by atoms with Gasteiger partial charge in [-0.2, -0.15) is 0 Å². The lowest BCUT2D eigenvalue weighted by atomic mass is 9.75. The first-order valence-corrected chi connectivity index (χ1v) is 8.51. The van der Waals surface area contributed by atoms with E-state index in [-0.39, 0.29) is 17.3 Å². The molecule has 0 unspecified atom stereocenters. The highest BCUT2D eigenvalue weighted by atomic mass is 16.7. The van der Waals surface area contributed by atoms with Crippen molar-refractivity contribution in [1.29, 1.82) is 0 Å². The molecule has 0 saturated carbocycles. The minimum atomic E-state index is -0.503. The second-order valence-corrected chi connectivity index (χ2v) is 7.30. The molecule has 0 bridgehead atoms. The van der Waals surface area contributed by atoms with Crippen molar-refractivity contribution < 1.29 is 14.4 Å². The van der Waals surface area contributed by atoms with Crippen LogP contribution < -0.4 is 5.32 Å². The highest BCUT2D eigenvalue weighted by molar-refractivity contribution is 5.82. The SMILES string of the molecule is CCCCNC(=O)C1(CC)CCN(OC(=O)C(C)(C)C)CC1. The molecule has 0 aliphatic carbocycles. The van der Waals surface area contributed by atoms with Gasteiger partial charge in [-0.05, 0) is 46.5 Å². The second-order valence-electron chi connectivity index (χ2n) is 7.30. The van der Waals surface area contributed by atoms with E-state index in [0.29, 0.717) is 13.1 Å². The van der Waals surface area contributed by atoms with Gasteiger partial charge in [0.1, 0.15) is 0 Å². The number of unbranched alkanes of at least 4 members (excludes halogenated alkanes) is 1. The van der Waals surface area contributed by atoms with Crippen LogP contribution in [0.2, 0.25) is 0 Å². The van der Waals surface area contributed by atoms with Crippen LogP contribution in [0, 0.1) is 10.8 Å². The zero-order chi connectivity index (χ0) is 16.8. The molecule has 5 heteroatoms. The van der Waals surface area contributed by atoms with Gasteiger partial charge in [-0.3, -0.25) is 4.79 Å². The Labute approximate surface area is 134 Å². The van der Waals surface area contributed by atoms with E-state index in [9.17, 15) is 9.59 Å². The molecule has 0 atom stereocenters. The molecule has 0 spiro atoms. The molecule has 1 N–H and O–H groups in total. The van der Waals surface area contributed by atoms with Crippen molar-refractivity contribution in [3.05, 3.63) is 0 Å². The summed E-state index contributed by atoms with van der Waals surface area (Å²) >= 11 is 0. The standard InChI is InChI=1S/C17H32N2O3/c1-6-8-11-18-14(20)17(7-2)9-12-19(13-10-17)22-15(21)16(3,4)5/h6-13H2,1-5H3,(H,18,20). The minimum Gasteiger partial charge on any atom is -0.367 e. The van der Waals surface area contributed by atoms with Gasteiger partial charge in [-0.25, -0.2) is 4.79 Å². The first-order valence-electron chi connectivity index (χ1n) is 8.51. The Bertz CT molecular complexity index is 380. The Morgan fingerprint density at radius 1 is 1.18 bits per heavy atom. The number of carbonyl (C=O) groups excluding carboxylic acids is 2. The summed E-state index contributed by atoms with van der Waals surface area (Å²) in [6, 6.07) is 0. The highest BCUT2D eigenvalue weighted by Crippen LogP contribution is 2.35. The third-order valence-corrected chi connectivity index (χ3v) is 4.48. The summed E-state index contributed by atoms with van der Waals surface area (Å²) in [6.45, 7) is 11.7. The van der Waals surface area contributed by atoms with E-state index in [1.807, 2.05) is 20.8 Å². The number of amides is 1. The Morgan fingerprint density at radius 2 is 1.77 bits per heavy atom. The summed E-state index contributed by atoms with van der Waals surface area (Å²) in [5.74, 6) is -0.0610. The van der Waals surface area contributed by atoms with Crippen LogP contribution in [0.15, 0.2) is 0 Å². The second kappa shape index (κ2) is 7.95. The molecular weight excluding hydrogens is 280 g/mol. The van der Waals surface area contributed by atoms with Gasteiger partial charge in [0.05, 0.1) is 10.8 Å². The summed E-state index contributed by atoms with van der Waals surface area (Å²) in [4.78, 5) is 29.8. The van der Waals surface area contributed by atoms with Gasteiger partial charge >= 0.3 is 5.97 Å². The van der Waals surface area contributed by atoms with Crippen LogP contribution in [0.5, 0.6) is 0 Å². The molecule has 0 radical (unpaired) electrons. The quantitative estimate of drug-likeness (QED) is 0.766. The van der Waals surface area contributed by atoms with Crippen molar-refractivity contribution in [3.63, 3.8) is 0 Å². The van der Waals surface area contributed by atoms with Gasteiger partial charge in [0.15, 0.2) is 0 Å². The fraction of sp³-hybridized carbons (Fsp3) is 0.882. The summed E-state index contributed by atoms with van der Waals surface area (Å²) in [5.41, 5.74) is -0.810. The van der Waals surface area contributed by atoms with Crippen molar-refractivity contribution in [3.8, 4) is 0 Å². The molecule has 0 aromatic carbocycles.